The van der Waals surface area contributed by atoms with Crippen molar-refractivity contribution in [2.75, 3.05) is 31.6 Å². The summed E-state index contributed by atoms with van der Waals surface area (Å²) in [6.07, 6.45) is -5.17. The summed E-state index contributed by atoms with van der Waals surface area (Å²) in [6, 6.07) is 7.03. The molecule has 0 radical (unpaired) electrons. The number of ether oxygens (including phenoxy) is 1. The van der Waals surface area contributed by atoms with Gasteiger partial charge in [0, 0.05) is 17.8 Å². The van der Waals surface area contributed by atoms with E-state index in [0.29, 0.717) is 29.1 Å². The molecule has 0 spiro atoms. The lowest BCUT2D eigenvalue weighted by Gasteiger charge is -2.18. The Bertz CT molecular complexity index is 964. The lowest BCUT2D eigenvalue weighted by Crippen LogP contribution is -2.27. The van der Waals surface area contributed by atoms with Crippen molar-refractivity contribution in [2.24, 2.45) is 0 Å². The highest BCUT2D eigenvalue weighted by molar-refractivity contribution is 6.34. The van der Waals surface area contributed by atoms with E-state index in [-0.39, 0.29) is 10.6 Å². The van der Waals surface area contributed by atoms with Gasteiger partial charge in [0.05, 0.1) is 22.0 Å². The summed E-state index contributed by atoms with van der Waals surface area (Å²) in [5, 5.41) is 2.45. The number of likely N-dealkylation sites (N-methyl/N-ethyl adjacent to an activating group) is 1. The van der Waals surface area contributed by atoms with Crippen LogP contribution in [-0.4, -0.2) is 42.8 Å². The van der Waals surface area contributed by atoms with Gasteiger partial charge in [0.15, 0.2) is 5.78 Å². The van der Waals surface area contributed by atoms with Crippen LogP contribution in [0.15, 0.2) is 36.4 Å². The predicted molar refractivity (Wildman–Crippen MR) is 119 cm³/mol. The smallest absolute Gasteiger partial charge is 0.416 e. The van der Waals surface area contributed by atoms with Gasteiger partial charge in [-0.2, -0.15) is 13.2 Å². The number of alkyl halides is 3. The number of carbonyl (C=O) groups excluding carboxylic acids is 2. The first-order valence-electron chi connectivity index (χ1n) is 9.89. The number of anilines is 1. The number of Topliss-reactive ketones (excluding diaryl/α,β-unsaturated/α-hetero) is 1. The van der Waals surface area contributed by atoms with Crippen molar-refractivity contribution < 1.29 is 27.5 Å². The van der Waals surface area contributed by atoms with Crippen LogP contribution in [-0.2, 0) is 11.0 Å². The van der Waals surface area contributed by atoms with E-state index in [4.69, 9.17) is 27.9 Å². The summed E-state index contributed by atoms with van der Waals surface area (Å²) in [4.78, 5) is 26.7. The monoisotopic (exact) mass is 490 g/mol. The fraction of sp³-hybridized carbons (Fsp3) is 0.364. The summed E-state index contributed by atoms with van der Waals surface area (Å²) >= 11 is 12.0. The Morgan fingerprint density at radius 1 is 1.03 bits per heavy atom. The molecule has 0 saturated carbocycles. The first-order valence-corrected chi connectivity index (χ1v) is 10.6. The van der Waals surface area contributed by atoms with Crippen LogP contribution in [0.2, 0.25) is 10.0 Å². The zero-order valence-electron chi connectivity index (χ0n) is 17.6. The van der Waals surface area contributed by atoms with Gasteiger partial charge in [-0.05, 0) is 49.5 Å². The number of nitrogens with zero attached hydrogens (tertiary/aromatic N) is 1. The molecule has 174 valence electrons. The van der Waals surface area contributed by atoms with Crippen LogP contribution in [0, 0.1) is 0 Å². The van der Waals surface area contributed by atoms with Gasteiger partial charge in [-0.25, -0.2) is 0 Å². The normalized spacial score (nSPS) is 11.5. The van der Waals surface area contributed by atoms with Crippen LogP contribution in [0.25, 0.3) is 0 Å². The maximum Gasteiger partial charge on any atom is 0.416 e. The van der Waals surface area contributed by atoms with E-state index in [9.17, 15) is 22.8 Å². The summed E-state index contributed by atoms with van der Waals surface area (Å²) < 4.78 is 43.8. The zero-order chi connectivity index (χ0) is 23.9. The molecule has 0 aliphatic carbocycles. The van der Waals surface area contributed by atoms with Crippen LogP contribution in [0.4, 0.5) is 18.9 Å². The van der Waals surface area contributed by atoms with Crippen LogP contribution >= 0.6 is 23.2 Å². The molecule has 0 bridgehead atoms. The average Bonchev–Trinajstić information content (AvgIpc) is 2.71. The minimum atomic E-state index is -4.58. The van der Waals surface area contributed by atoms with Crippen LogP contribution in [0.1, 0.15) is 36.2 Å². The van der Waals surface area contributed by atoms with Crippen molar-refractivity contribution in [3.8, 4) is 5.75 Å². The molecule has 2 aromatic rings. The van der Waals surface area contributed by atoms with E-state index in [1.807, 2.05) is 0 Å². The first-order chi connectivity index (χ1) is 15.0. The Balaban J connectivity index is 1.95. The summed E-state index contributed by atoms with van der Waals surface area (Å²) in [6.45, 7) is 7.14. The van der Waals surface area contributed by atoms with Gasteiger partial charge in [-0.3, -0.25) is 9.59 Å². The van der Waals surface area contributed by atoms with Gasteiger partial charge in [0.25, 0.3) is 0 Å². The van der Waals surface area contributed by atoms with Crippen molar-refractivity contribution in [3.63, 3.8) is 0 Å². The molecule has 1 amide bonds. The molecule has 10 heteroatoms. The van der Waals surface area contributed by atoms with Gasteiger partial charge >= 0.3 is 6.18 Å². The third-order valence-electron chi connectivity index (χ3n) is 4.69. The molecule has 2 rings (SSSR count). The highest BCUT2D eigenvalue weighted by Gasteiger charge is 2.31. The van der Waals surface area contributed by atoms with Gasteiger partial charge < -0.3 is 15.0 Å². The zero-order valence-corrected chi connectivity index (χ0v) is 19.1. The molecule has 0 saturated heterocycles. The maximum atomic E-state index is 12.7. The minimum absolute atomic E-state index is 0.162. The third kappa shape index (κ3) is 7.39. The van der Waals surface area contributed by atoms with E-state index in [2.05, 4.69) is 24.1 Å². The topological polar surface area (TPSA) is 58.6 Å². The Morgan fingerprint density at radius 2 is 1.72 bits per heavy atom. The minimum Gasteiger partial charge on any atom is -0.491 e. The SMILES string of the molecule is CCN(CC)CCOc1ccc(NC(=O)CC(=O)c2ccc(C(F)(F)F)cc2Cl)cc1Cl. The molecule has 0 atom stereocenters. The second-order valence-electron chi connectivity index (χ2n) is 6.86. The number of benzene rings is 2. The number of ketones is 1. The highest BCUT2D eigenvalue weighted by atomic mass is 35.5. The fourth-order valence-electron chi connectivity index (χ4n) is 2.88. The lowest BCUT2D eigenvalue weighted by molar-refractivity contribution is -0.137. The molecular weight excluding hydrogens is 468 g/mol. The van der Waals surface area contributed by atoms with Crippen molar-refractivity contribution in [1.82, 2.24) is 4.90 Å². The molecular formula is C22H23Cl2F3N2O3. The molecule has 0 aliphatic rings. The third-order valence-corrected chi connectivity index (χ3v) is 5.30. The fourth-order valence-corrected chi connectivity index (χ4v) is 3.41. The molecule has 5 nitrogen and oxygen atoms in total. The van der Waals surface area contributed by atoms with Crippen LogP contribution < -0.4 is 10.1 Å². The van der Waals surface area contributed by atoms with E-state index in [1.165, 1.54) is 6.07 Å². The molecule has 32 heavy (non-hydrogen) atoms. The van der Waals surface area contributed by atoms with Gasteiger partial charge in [0.1, 0.15) is 12.4 Å². The molecule has 0 unspecified atom stereocenters. The van der Waals surface area contributed by atoms with Crippen molar-refractivity contribution in [1.29, 1.82) is 0 Å². The van der Waals surface area contributed by atoms with E-state index in [1.54, 1.807) is 12.1 Å². The molecule has 2 aromatic carbocycles. The number of hydrogen-bond donors (Lipinski definition) is 1. The average molecular weight is 491 g/mol. The quantitative estimate of drug-likeness (QED) is 0.330. The standard InChI is InChI=1S/C22H23Cl2F3N2O3/c1-3-29(4-2)9-10-32-20-8-6-15(12-18(20)24)28-21(31)13-19(30)16-7-5-14(11-17(16)23)22(25,26)27/h5-8,11-12H,3-4,9-10,13H2,1-2H3,(H,28,31). The number of halogens is 5. The van der Waals surface area contributed by atoms with E-state index >= 15 is 0 Å². The van der Waals surface area contributed by atoms with Crippen molar-refractivity contribution in [3.05, 3.63) is 57.6 Å². The first kappa shape index (κ1) is 26.0. The Morgan fingerprint density at radius 3 is 2.28 bits per heavy atom. The van der Waals surface area contributed by atoms with E-state index in [0.717, 1.165) is 31.8 Å². The maximum absolute atomic E-state index is 12.7. The van der Waals surface area contributed by atoms with Crippen molar-refractivity contribution >= 4 is 40.6 Å². The summed E-state index contributed by atoms with van der Waals surface area (Å²) in [7, 11) is 0. The number of amides is 1. The molecule has 1 N–H and O–H groups in total. The lowest BCUT2D eigenvalue weighted by atomic mass is 10.1. The van der Waals surface area contributed by atoms with Gasteiger partial charge in [-0.1, -0.05) is 37.0 Å². The molecule has 0 heterocycles. The highest BCUT2D eigenvalue weighted by Crippen LogP contribution is 2.32. The number of carbonyl (C=O) groups is 2. The number of rotatable bonds is 10. The van der Waals surface area contributed by atoms with Crippen LogP contribution in [0.5, 0.6) is 5.75 Å². The largest absolute Gasteiger partial charge is 0.491 e. The van der Waals surface area contributed by atoms with Gasteiger partial charge in [-0.15, -0.1) is 0 Å². The second kappa shape index (κ2) is 11.5. The second-order valence-corrected chi connectivity index (χ2v) is 7.68. The number of hydrogen-bond acceptors (Lipinski definition) is 4. The molecule has 0 fully saturated rings. The van der Waals surface area contributed by atoms with E-state index < -0.39 is 29.9 Å². The summed E-state index contributed by atoms with van der Waals surface area (Å²) in [5.41, 5.74) is -0.787. The Hall–Kier alpha value is -2.29. The van der Waals surface area contributed by atoms with Gasteiger partial charge in [0.2, 0.25) is 5.91 Å². The van der Waals surface area contributed by atoms with Crippen molar-refractivity contribution in [2.45, 2.75) is 26.4 Å². The predicted octanol–water partition coefficient (Wildman–Crippen LogP) is 5.94. The summed E-state index contributed by atoms with van der Waals surface area (Å²) in [5.74, 6) is -0.898. The van der Waals surface area contributed by atoms with Crippen LogP contribution in [0.3, 0.4) is 0 Å². The Kier molecular flexibility index (Phi) is 9.36. The number of nitrogens with one attached hydrogen (secondary N) is 1. The Labute approximate surface area is 194 Å². The molecule has 0 aromatic heterocycles. The molecule has 0 aliphatic heterocycles.